The van der Waals surface area contributed by atoms with E-state index >= 15 is 0 Å². The van der Waals surface area contributed by atoms with Crippen LogP contribution in [0, 0.1) is 0 Å². The Hall–Kier alpha value is -1.17. The summed E-state index contributed by atoms with van der Waals surface area (Å²) in [6.07, 6.45) is 2.68. The fourth-order valence-corrected chi connectivity index (χ4v) is 3.17. The molecule has 0 amide bonds. The lowest BCUT2D eigenvalue weighted by atomic mass is 10.2. The van der Waals surface area contributed by atoms with Crippen molar-refractivity contribution in [2.75, 3.05) is 35.8 Å². The molecular weight excluding hydrogens is 236 g/mol. The third kappa shape index (κ3) is 2.57. The van der Waals surface area contributed by atoms with Crippen molar-refractivity contribution in [3.63, 3.8) is 0 Å². The minimum Gasteiger partial charge on any atom is -0.476 e. The molecule has 2 rings (SSSR count). The van der Waals surface area contributed by atoms with Crippen LogP contribution in [0.1, 0.15) is 13.3 Å². The first-order chi connectivity index (χ1) is 8.24. The molecule has 94 valence electrons. The van der Waals surface area contributed by atoms with Gasteiger partial charge in [-0.2, -0.15) is 16.7 Å². The van der Waals surface area contributed by atoms with Gasteiger partial charge in [0.15, 0.2) is 5.82 Å². The number of nitrogens with zero attached hydrogens (tertiary/aromatic N) is 3. The Kier molecular flexibility index (Phi) is 3.93. The first kappa shape index (κ1) is 12.3. The maximum absolute atomic E-state index is 6.04. The summed E-state index contributed by atoms with van der Waals surface area (Å²) in [4.78, 5) is 10.5. The van der Waals surface area contributed by atoms with Crippen molar-refractivity contribution in [2.45, 2.75) is 19.4 Å². The number of anilines is 2. The summed E-state index contributed by atoms with van der Waals surface area (Å²) in [5.74, 6) is 3.59. The van der Waals surface area contributed by atoms with Crippen LogP contribution in [0.5, 0.6) is 5.88 Å². The minimum absolute atomic E-state index is 0.481. The second kappa shape index (κ2) is 5.44. The van der Waals surface area contributed by atoms with E-state index in [9.17, 15) is 0 Å². The first-order valence-electron chi connectivity index (χ1n) is 5.78. The SMILES string of the molecule is CCOc1ncnc(N(C)C2CCSC2)c1N. The molecule has 17 heavy (non-hydrogen) atoms. The average Bonchev–Trinajstić information content (AvgIpc) is 2.85. The number of rotatable bonds is 4. The second-order valence-electron chi connectivity index (χ2n) is 3.98. The van der Waals surface area contributed by atoms with E-state index in [0.717, 1.165) is 11.6 Å². The van der Waals surface area contributed by atoms with E-state index in [4.69, 9.17) is 10.5 Å². The Morgan fingerprint density at radius 1 is 1.59 bits per heavy atom. The van der Waals surface area contributed by atoms with Gasteiger partial charge in [0.1, 0.15) is 12.0 Å². The number of aromatic nitrogens is 2. The van der Waals surface area contributed by atoms with Gasteiger partial charge in [0.25, 0.3) is 0 Å². The fraction of sp³-hybridized carbons (Fsp3) is 0.636. The molecule has 1 aromatic heterocycles. The lowest BCUT2D eigenvalue weighted by molar-refractivity contribution is 0.328. The van der Waals surface area contributed by atoms with Crippen LogP contribution < -0.4 is 15.4 Å². The highest BCUT2D eigenvalue weighted by Gasteiger charge is 2.23. The lowest BCUT2D eigenvalue weighted by Gasteiger charge is -2.26. The van der Waals surface area contributed by atoms with Crippen molar-refractivity contribution in [3.8, 4) is 5.88 Å². The fourth-order valence-electron chi connectivity index (χ4n) is 1.90. The molecule has 0 spiro atoms. The van der Waals surface area contributed by atoms with Gasteiger partial charge in [0.2, 0.25) is 5.88 Å². The van der Waals surface area contributed by atoms with Crippen molar-refractivity contribution in [1.29, 1.82) is 0 Å². The number of nitrogen functional groups attached to an aromatic ring is 1. The van der Waals surface area contributed by atoms with Gasteiger partial charge in [0.05, 0.1) is 6.61 Å². The molecular formula is C11H18N4OS. The Morgan fingerprint density at radius 2 is 2.41 bits per heavy atom. The highest BCUT2D eigenvalue weighted by Crippen LogP contribution is 2.31. The van der Waals surface area contributed by atoms with Gasteiger partial charge in [0, 0.05) is 18.8 Å². The largest absolute Gasteiger partial charge is 0.476 e. The second-order valence-corrected chi connectivity index (χ2v) is 5.13. The molecule has 2 heterocycles. The van der Waals surface area contributed by atoms with E-state index in [1.807, 2.05) is 25.7 Å². The predicted octanol–water partition coefficient (Wildman–Crippen LogP) is 1.40. The normalized spacial score (nSPS) is 19.3. The number of ether oxygens (including phenoxy) is 1. The van der Waals surface area contributed by atoms with Crippen molar-refractivity contribution < 1.29 is 4.74 Å². The lowest BCUT2D eigenvalue weighted by Crippen LogP contribution is -2.32. The molecule has 1 aromatic rings. The van der Waals surface area contributed by atoms with E-state index in [1.54, 1.807) is 0 Å². The Labute approximate surface area is 106 Å². The molecule has 1 unspecified atom stereocenters. The van der Waals surface area contributed by atoms with Gasteiger partial charge in [-0.1, -0.05) is 0 Å². The number of hydrogen-bond donors (Lipinski definition) is 1. The standard InChI is InChI=1S/C11H18N4OS/c1-3-16-11-9(12)10(13-7-14-11)15(2)8-4-5-17-6-8/h7-8H,3-6,12H2,1-2H3. The van der Waals surface area contributed by atoms with Crippen LogP contribution in [0.4, 0.5) is 11.5 Å². The van der Waals surface area contributed by atoms with Crippen LogP contribution in [-0.2, 0) is 0 Å². The third-order valence-corrected chi connectivity index (χ3v) is 4.04. The maximum Gasteiger partial charge on any atom is 0.242 e. The topological polar surface area (TPSA) is 64.3 Å². The van der Waals surface area contributed by atoms with E-state index < -0.39 is 0 Å². The summed E-state index contributed by atoms with van der Waals surface area (Å²) in [5.41, 5.74) is 6.58. The van der Waals surface area contributed by atoms with Crippen LogP contribution in [0.25, 0.3) is 0 Å². The van der Waals surface area contributed by atoms with Crippen LogP contribution in [-0.4, -0.2) is 41.2 Å². The van der Waals surface area contributed by atoms with E-state index in [2.05, 4.69) is 14.9 Å². The number of nitrogens with two attached hydrogens (primary N) is 1. The summed E-state index contributed by atoms with van der Waals surface area (Å²) < 4.78 is 5.38. The van der Waals surface area contributed by atoms with Gasteiger partial charge in [-0.15, -0.1) is 0 Å². The monoisotopic (exact) mass is 254 g/mol. The predicted molar refractivity (Wildman–Crippen MR) is 71.7 cm³/mol. The molecule has 2 N–H and O–H groups in total. The van der Waals surface area contributed by atoms with Crippen molar-refractivity contribution >= 4 is 23.3 Å². The smallest absolute Gasteiger partial charge is 0.242 e. The molecule has 0 bridgehead atoms. The molecule has 0 aliphatic carbocycles. The third-order valence-electron chi connectivity index (χ3n) is 2.89. The zero-order chi connectivity index (χ0) is 12.3. The van der Waals surface area contributed by atoms with Gasteiger partial charge < -0.3 is 15.4 Å². The molecule has 1 aliphatic rings. The van der Waals surface area contributed by atoms with E-state index in [-0.39, 0.29) is 0 Å². The first-order valence-corrected chi connectivity index (χ1v) is 6.93. The quantitative estimate of drug-likeness (QED) is 0.876. The Balaban J connectivity index is 2.21. The molecule has 1 fully saturated rings. The van der Waals surface area contributed by atoms with Crippen LogP contribution >= 0.6 is 11.8 Å². The van der Waals surface area contributed by atoms with Crippen molar-refractivity contribution in [3.05, 3.63) is 6.33 Å². The summed E-state index contributed by atoms with van der Waals surface area (Å²) in [6, 6.07) is 0.506. The minimum atomic E-state index is 0.481. The Morgan fingerprint density at radius 3 is 3.06 bits per heavy atom. The molecule has 1 aliphatic heterocycles. The highest BCUT2D eigenvalue weighted by molar-refractivity contribution is 7.99. The van der Waals surface area contributed by atoms with Crippen LogP contribution in [0.2, 0.25) is 0 Å². The van der Waals surface area contributed by atoms with Gasteiger partial charge in [-0.3, -0.25) is 0 Å². The average molecular weight is 254 g/mol. The zero-order valence-corrected chi connectivity index (χ0v) is 11.0. The van der Waals surface area contributed by atoms with Crippen LogP contribution in [0.3, 0.4) is 0 Å². The van der Waals surface area contributed by atoms with E-state index in [0.29, 0.717) is 24.2 Å². The van der Waals surface area contributed by atoms with Gasteiger partial charge in [-0.05, 0) is 19.1 Å². The molecule has 0 saturated carbocycles. The van der Waals surface area contributed by atoms with Crippen molar-refractivity contribution in [2.24, 2.45) is 0 Å². The molecule has 5 nitrogen and oxygen atoms in total. The van der Waals surface area contributed by atoms with Crippen molar-refractivity contribution in [1.82, 2.24) is 9.97 Å². The molecule has 1 saturated heterocycles. The summed E-state index contributed by atoms with van der Waals surface area (Å²) in [7, 11) is 2.03. The summed E-state index contributed by atoms with van der Waals surface area (Å²) >= 11 is 1.97. The summed E-state index contributed by atoms with van der Waals surface area (Å²) in [5, 5.41) is 0. The highest BCUT2D eigenvalue weighted by atomic mass is 32.2. The van der Waals surface area contributed by atoms with Gasteiger partial charge in [-0.25, -0.2) is 4.98 Å². The molecule has 0 aromatic carbocycles. The molecule has 0 radical (unpaired) electrons. The molecule has 1 atom stereocenters. The Bertz CT molecular complexity index is 382. The number of hydrogen-bond acceptors (Lipinski definition) is 6. The molecule has 6 heteroatoms. The van der Waals surface area contributed by atoms with E-state index in [1.165, 1.54) is 18.5 Å². The van der Waals surface area contributed by atoms with Gasteiger partial charge >= 0.3 is 0 Å². The summed E-state index contributed by atoms with van der Waals surface area (Å²) in [6.45, 7) is 2.47. The zero-order valence-electron chi connectivity index (χ0n) is 10.2. The number of thioether (sulfide) groups is 1. The van der Waals surface area contributed by atoms with Crippen LogP contribution in [0.15, 0.2) is 6.33 Å². The maximum atomic E-state index is 6.04.